The Hall–Kier alpha value is -2.88. The number of unbranched alkanes of at least 4 members (excludes halogenated alkanes) is 16. The summed E-state index contributed by atoms with van der Waals surface area (Å²) in [7, 11) is 0. The van der Waals surface area contributed by atoms with Gasteiger partial charge in [-0.25, -0.2) is 0 Å². The van der Waals surface area contributed by atoms with E-state index in [0.29, 0.717) is 0 Å². The van der Waals surface area contributed by atoms with E-state index in [-0.39, 0.29) is 0 Å². The van der Waals surface area contributed by atoms with Crippen molar-refractivity contribution in [3.05, 3.63) is 72.8 Å². The highest BCUT2D eigenvalue weighted by Crippen LogP contribution is 2.43. The molecule has 3 heteroatoms. The summed E-state index contributed by atoms with van der Waals surface area (Å²) in [6.07, 6.45) is 28.1. The van der Waals surface area contributed by atoms with Gasteiger partial charge in [-0.05, 0) is 55.2 Å². The van der Waals surface area contributed by atoms with Crippen molar-refractivity contribution in [3.8, 4) is 0 Å². The molecule has 270 valence electrons. The molecule has 7 aromatic rings. The molecule has 0 saturated heterocycles. The van der Waals surface area contributed by atoms with E-state index in [1.165, 1.54) is 191 Å². The van der Waals surface area contributed by atoms with Gasteiger partial charge in [0, 0.05) is 68.7 Å². The SMILES string of the molecule is CCCCCCCCCCCCC(CCCCCCCCCC)Cn1c2cc3c(cc2c2cc4sc5ccccc5c4cc21)sc1ccccc13. The number of thiophene rings is 2. The van der Waals surface area contributed by atoms with Crippen molar-refractivity contribution in [1.29, 1.82) is 0 Å². The molecule has 1 atom stereocenters. The lowest BCUT2D eigenvalue weighted by Gasteiger charge is -2.20. The molecule has 0 aliphatic carbocycles. The number of hydrogen-bond acceptors (Lipinski definition) is 2. The van der Waals surface area contributed by atoms with Crippen LogP contribution in [-0.4, -0.2) is 4.57 Å². The van der Waals surface area contributed by atoms with Gasteiger partial charge in [-0.1, -0.05) is 166 Å². The van der Waals surface area contributed by atoms with Crippen molar-refractivity contribution < 1.29 is 0 Å². The Kier molecular flexibility index (Phi) is 13.0. The molecule has 7 rings (SSSR count). The molecule has 0 saturated carbocycles. The molecule has 0 radical (unpaired) electrons. The monoisotopic (exact) mass is 715 g/mol. The second-order valence-corrected chi connectivity index (χ2v) is 17.8. The molecule has 0 fully saturated rings. The maximum Gasteiger partial charge on any atom is 0.0498 e. The van der Waals surface area contributed by atoms with Gasteiger partial charge in [0.2, 0.25) is 0 Å². The second-order valence-electron chi connectivity index (χ2n) is 15.6. The fourth-order valence-electron chi connectivity index (χ4n) is 8.80. The molecule has 0 spiro atoms. The Labute approximate surface area is 315 Å². The molecule has 51 heavy (non-hydrogen) atoms. The number of benzene rings is 4. The number of nitrogens with zero attached hydrogens (tertiary/aromatic N) is 1. The zero-order valence-corrected chi connectivity index (χ0v) is 33.3. The zero-order valence-electron chi connectivity index (χ0n) is 31.6. The van der Waals surface area contributed by atoms with Crippen LogP contribution in [0.15, 0.2) is 72.8 Å². The van der Waals surface area contributed by atoms with Gasteiger partial charge in [-0.2, -0.15) is 0 Å². The molecule has 0 bridgehead atoms. The molecular weight excluding hydrogens is 655 g/mol. The summed E-state index contributed by atoms with van der Waals surface area (Å²) < 4.78 is 8.40. The lowest BCUT2D eigenvalue weighted by Crippen LogP contribution is -2.11. The third-order valence-electron chi connectivity index (χ3n) is 11.7. The van der Waals surface area contributed by atoms with Crippen molar-refractivity contribution in [2.24, 2.45) is 5.92 Å². The van der Waals surface area contributed by atoms with Gasteiger partial charge >= 0.3 is 0 Å². The Morgan fingerprint density at radius 2 is 0.804 bits per heavy atom. The molecule has 0 N–H and O–H groups in total. The summed E-state index contributed by atoms with van der Waals surface area (Å²) in [5.74, 6) is 0.725. The fraction of sp³-hybridized carbons (Fsp3) is 0.500. The molecular formula is C48H61NS2. The summed E-state index contributed by atoms with van der Waals surface area (Å²) in [5.41, 5.74) is 2.87. The number of aromatic nitrogens is 1. The molecule has 1 unspecified atom stereocenters. The number of rotatable bonds is 22. The topological polar surface area (TPSA) is 4.93 Å². The highest BCUT2D eigenvalue weighted by atomic mass is 32.1. The van der Waals surface area contributed by atoms with Crippen molar-refractivity contribution in [2.75, 3.05) is 0 Å². The van der Waals surface area contributed by atoms with Gasteiger partial charge in [-0.15, -0.1) is 22.7 Å². The van der Waals surface area contributed by atoms with Gasteiger partial charge in [-0.3, -0.25) is 0 Å². The lowest BCUT2D eigenvalue weighted by molar-refractivity contribution is 0.364. The molecule has 0 aliphatic rings. The van der Waals surface area contributed by atoms with Gasteiger partial charge < -0.3 is 4.57 Å². The summed E-state index contributed by atoms with van der Waals surface area (Å²) in [5, 5.41) is 8.54. The van der Waals surface area contributed by atoms with Crippen LogP contribution in [0.5, 0.6) is 0 Å². The molecule has 4 aromatic carbocycles. The normalized spacial score (nSPS) is 12.9. The Morgan fingerprint density at radius 1 is 0.412 bits per heavy atom. The largest absolute Gasteiger partial charge is 0.340 e. The van der Waals surface area contributed by atoms with Crippen LogP contribution in [0.1, 0.15) is 142 Å². The van der Waals surface area contributed by atoms with Crippen molar-refractivity contribution in [2.45, 2.75) is 149 Å². The first kappa shape index (κ1) is 36.5. The minimum atomic E-state index is 0.725. The van der Waals surface area contributed by atoms with E-state index < -0.39 is 0 Å². The van der Waals surface area contributed by atoms with Gasteiger partial charge in [0.25, 0.3) is 0 Å². The predicted molar refractivity (Wildman–Crippen MR) is 232 cm³/mol. The van der Waals surface area contributed by atoms with E-state index in [2.05, 4.69) is 91.2 Å². The molecule has 3 heterocycles. The van der Waals surface area contributed by atoms with Crippen LogP contribution >= 0.6 is 22.7 Å². The standard InChI is InChI=1S/C48H61NS2/c1-3-5-7-9-11-13-14-16-18-20-26-36(25-19-17-15-12-10-8-6-4-2)35-49-43-31-41-37-27-21-23-29-45(37)50-47(41)33-39(43)40-34-48-42(32-44(40)49)38-28-22-24-30-46(38)51-48/h21-24,27-34,36H,3-20,25-26,35H2,1-2H3. The number of fused-ring (bicyclic) bond motifs is 9. The molecule has 3 aromatic heterocycles. The van der Waals surface area contributed by atoms with Crippen molar-refractivity contribution >= 4 is 84.8 Å². The maximum atomic E-state index is 2.77. The van der Waals surface area contributed by atoms with Crippen molar-refractivity contribution in [3.63, 3.8) is 0 Å². The minimum absolute atomic E-state index is 0.725. The van der Waals surface area contributed by atoms with Crippen LogP contribution in [0.4, 0.5) is 0 Å². The Bertz CT molecular complexity index is 2010. The van der Waals surface area contributed by atoms with Gasteiger partial charge in [0.15, 0.2) is 0 Å². The summed E-state index contributed by atoms with van der Waals surface area (Å²) in [6, 6.07) is 28.2. The van der Waals surface area contributed by atoms with Gasteiger partial charge in [0.05, 0.1) is 0 Å². The minimum Gasteiger partial charge on any atom is -0.340 e. The van der Waals surface area contributed by atoms with Gasteiger partial charge in [0.1, 0.15) is 0 Å². The third kappa shape index (κ3) is 8.68. The van der Waals surface area contributed by atoms with E-state index in [9.17, 15) is 0 Å². The van der Waals surface area contributed by atoms with E-state index >= 15 is 0 Å². The lowest BCUT2D eigenvalue weighted by atomic mass is 9.93. The van der Waals surface area contributed by atoms with Crippen LogP contribution < -0.4 is 0 Å². The van der Waals surface area contributed by atoms with Crippen LogP contribution in [-0.2, 0) is 6.54 Å². The number of hydrogen-bond donors (Lipinski definition) is 0. The van der Waals surface area contributed by atoms with E-state index in [0.717, 1.165) is 12.5 Å². The second kappa shape index (κ2) is 18.2. The van der Waals surface area contributed by atoms with Crippen molar-refractivity contribution in [1.82, 2.24) is 4.57 Å². The van der Waals surface area contributed by atoms with E-state index in [1.54, 1.807) is 0 Å². The maximum absolute atomic E-state index is 2.77. The van der Waals surface area contributed by atoms with Crippen LogP contribution in [0.3, 0.4) is 0 Å². The predicted octanol–water partition coefficient (Wildman–Crippen LogP) is 17.0. The molecule has 1 nitrogen and oxygen atoms in total. The smallest absolute Gasteiger partial charge is 0.0498 e. The Balaban J connectivity index is 1.16. The summed E-state index contributed by atoms with van der Waals surface area (Å²) in [4.78, 5) is 0. The quantitative estimate of drug-likeness (QED) is 0.0616. The third-order valence-corrected chi connectivity index (χ3v) is 14.0. The van der Waals surface area contributed by atoms with Crippen LogP contribution in [0, 0.1) is 5.92 Å². The van der Waals surface area contributed by atoms with Crippen LogP contribution in [0.25, 0.3) is 62.2 Å². The zero-order chi connectivity index (χ0) is 34.8. The summed E-state index contributed by atoms with van der Waals surface area (Å²) in [6.45, 7) is 5.77. The van der Waals surface area contributed by atoms with E-state index in [4.69, 9.17) is 0 Å². The molecule has 0 amide bonds. The average molecular weight is 716 g/mol. The Morgan fingerprint density at radius 3 is 1.24 bits per heavy atom. The highest BCUT2D eigenvalue weighted by Gasteiger charge is 2.19. The summed E-state index contributed by atoms with van der Waals surface area (Å²) >= 11 is 3.91. The molecule has 0 aliphatic heterocycles. The fourth-order valence-corrected chi connectivity index (χ4v) is 11.1. The first-order valence-electron chi connectivity index (χ1n) is 20.9. The first-order valence-corrected chi connectivity index (χ1v) is 22.6. The first-order chi connectivity index (χ1) is 25.2. The average Bonchev–Trinajstić information content (AvgIpc) is 3.80. The highest BCUT2D eigenvalue weighted by molar-refractivity contribution is 7.26. The van der Waals surface area contributed by atoms with Crippen LogP contribution in [0.2, 0.25) is 0 Å². The van der Waals surface area contributed by atoms with E-state index in [1.807, 2.05) is 22.7 Å².